The molecular formula is C8H16O5S2. The largest absolute Gasteiger partial charge is 0.286 e. The Balaban J connectivity index is 2.54. The molecule has 0 aromatic carbocycles. The van der Waals surface area contributed by atoms with Crippen molar-refractivity contribution in [1.29, 1.82) is 0 Å². The minimum atomic E-state index is -3.95. The Morgan fingerprint density at radius 2 is 1.80 bits per heavy atom. The average molecular weight is 256 g/mol. The van der Waals surface area contributed by atoms with Crippen LogP contribution in [0.4, 0.5) is 0 Å². The van der Waals surface area contributed by atoms with Crippen molar-refractivity contribution in [2.45, 2.75) is 19.8 Å². The maximum Gasteiger partial charge on any atom is 0.265 e. The molecular weight excluding hydrogens is 240 g/mol. The first-order chi connectivity index (χ1) is 6.70. The summed E-state index contributed by atoms with van der Waals surface area (Å²) in [4.78, 5) is 0. The molecule has 1 N–H and O–H groups in total. The smallest absolute Gasteiger partial charge is 0.265 e. The third-order valence-corrected chi connectivity index (χ3v) is 5.54. The van der Waals surface area contributed by atoms with Gasteiger partial charge in [0.1, 0.15) is 9.84 Å². The summed E-state index contributed by atoms with van der Waals surface area (Å²) in [6.07, 6.45) is 0.998. The molecule has 0 aromatic rings. The summed E-state index contributed by atoms with van der Waals surface area (Å²) in [6, 6.07) is 0. The summed E-state index contributed by atoms with van der Waals surface area (Å²) < 4.78 is 52.2. The second-order valence-electron chi connectivity index (χ2n) is 4.22. The number of sulfone groups is 1. The molecule has 90 valence electrons. The fourth-order valence-corrected chi connectivity index (χ4v) is 4.41. The Bertz CT molecular complexity index is 394. The molecule has 1 saturated heterocycles. The van der Waals surface area contributed by atoms with Gasteiger partial charge in [0, 0.05) is 0 Å². The van der Waals surface area contributed by atoms with Crippen LogP contribution >= 0.6 is 0 Å². The van der Waals surface area contributed by atoms with E-state index >= 15 is 0 Å². The predicted octanol–water partition coefficient (Wildman–Crippen LogP) is 0.335. The summed E-state index contributed by atoms with van der Waals surface area (Å²) in [5.74, 6) is -0.121. The third kappa shape index (κ3) is 4.48. The highest BCUT2D eigenvalue weighted by molar-refractivity contribution is 7.91. The Morgan fingerprint density at radius 1 is 1.33 bits per heavy atom. The van der Waals surface area contributed by atoms with Gasteiger partial charge in [0.25, 0.3) is 10.1 Å². The van der Waals surface area contributed by atoms with E-state index in [1.807, 2.05) is 0 Å². The highest BCUT2D eigenvalue weighted by atomic mass is 32.2. The molecule has 1 aliphatic heterocycles. The molecule has 0 bridgehead atoms. The van der Waals surface area contributed by atoms with Crippen molar-refractivity contribution in [2.75, 3.05) is 17.3 Å². The number of hydrogen-bond acceptors (Lipinski definition) is 4. The van der Waals surface area contributed by atoms with Gasteiger partial charge in [-0.2, -0.15) is 8.42 Å². The second-order valence-corrected chi connectivity index (χ2v) is 8.02. The molecule has 1 heterocycles. The van der Waals surface area contributed by atoms with Crippen molar-refractivity contribution in [3.63, 3.8) is 0 Å². The molecule has 0 radical (unpaired) electrons. The van der Waals surface area contributed by atoms with Gasteiger partial charge in [-0.15, -0.1) is 0 Å². The Hall–Kier alpha value is -0.140. The number of rotatable bonds is 3. The Morgan fingerprint density at radius 3 is 2.20 bits per heavy atom. The summed E-state index contributed by atoms with van der Waals surface area (Å²) in [6.45, 7) is 1.73. The van der Waals surface area contributed by atoms with Crippen molar-refractivity contribution in [3.8, 4) is 0 Å². The van der Waals surface area contributed by atoms with Crippen LogP contribution in [0.5, 0.6) is 0 Å². The second kappa shape index (κ2) is 4.39. The Kier molecular flexibility index (Phi) is 3.78. The molecule has 0 saturated carbocycles. The molecule has 0 aromatic heterocycles. The Labute approximate surface area is 90.5 Å². The standard InChI is InChI=1S/C8H16O5S2/c1-7(6-15(11,12)13)8-2-4-14(9,10)5-3-8/h7-8H,2-6H2,1H3,(H,11,12,13). The van der Waals surface area contributed by atoms with E-state index < -0.39 is 20.0 Å². The molecule has 1 rings (SSSR count). The van der Waals surface area contributed by atoms with Gasteiger partial charge in [0.05, 0.1) is 17.3 Å². The van der Waals surface area contributed by atoms with Gasteiger partial charge in [-0.25, -0.2) is 8.42 Å². The first-order valence-electron chi connectivity index (χ1n) is 4.85. The fraction of sp³-hybridized carbons (Fsp3) is 1.00. The molecule has 1 aliphatic rings. The monoisotopic (exact) mass is 256 g/mol. The zero-order valence-electron chi connectivity index (χ0n) is 8.59. The summed E-state index contributed by atoms with van der Waals surface area (Å²) in [5, 5.41) is 0. The van der Waals surface area contributed by atoms with Gasteiger partial charge in [-0.05, 0) is 24.7 Å². The summed E-state index contributed by atoms with van der Waals surface area (Å²) in [5.41, 5.74) is 0. The van der Waals surface area contributed by atoms with Crippen LogP contribution in [-0.2, 0) is 20.0 Å². The van der Waals surface area contributed by atoms with E-state index in [4.69, 9.17) is 4.55 Å². The molecule has 1 fully saturated rings. The topological polar surface area (TPSA) is 88.5 Å². The van der Waals surface area contributed by atoms with Gasteiger partial charge < -0.3 is 0 Å². The van der Waals surface area contributed by atoms with E-state index in [2.05, 4.69) is 0 Å². The van der Waals surface area contributed by atoms with Crippen LogP contribution < -0.4 is 0 Å². The number of hydrogen-bond donors (Lipinski definition) is 1. The lowest BCUT2D eigenvalue weighted by atomic mass is 9.90. The lowest BCUT2D eigenvalue weighted by molar-refractivity contribution is 0.345. The normalized spacial score (nSPS) is 24.9. The lowest BCUT2D eigenvalue weighted by Crippen LogP contribution is -2.30. The zero-order valence-corrected chi connectivity index (χ0v) is 10.2. The summed E-state index contributed by atoms with van der Waals surface area (Å²) >= 11 is 0. The molecule has 7 heteroatoms. The summed E-state index contributed by atoms with van der Waals surface area (Å²) in [7, 11) is -6.86. The first kappa shape index (κ1) is 12.9. The fourth-order valence-electron chi connectivity index (χ4n) is 1.95. The molecule has 0 aliphatic carbocycles. The van der Waals surface area contributed by atoms with E-state index in [0.717, 1.165) is 0 Å². The molecule has 1 atom stereocenters. The molecule has 5 nitrogen and oxygen atoms in total. The van der Waals surface area contributed by atoms with Gasteiger partial charge in [-0.1, -0.05) is 6.92 Å². The van der Waals surface area contributed by atoms with Crippen molar-refractivity contribution in [1.82, 2.24) is 0 Å². The van der Waals surface area contributed by atoms with Crippen LogP contribution in [0.25, 0.3) is 0 Å². The molecule has 15 heavy (non-hydrogen) atoms. The van der Waals surface area contributed by atoms with E-state index in [1.54, 1.807) is 6.92 Å². The van der Waals surface area contributed by atoms with Gasteiger partial charge in [-0.3, -0.25) is 4.55 Å². The van der Waals surface area contributed by atoms with Crippen molar-refractivity contribution in [3.05, 3.63) is 0 Å². The minimum Gasteiger partial charge on any atom is -0.286 e. The first-order valence-corrected chi connectivity index (χ1v) is 8.28. The van der Waals surface area contributed by atoms with Crippen molar-refractivity contribution in [2.24, 2.45) is 11.8 Å². The quantitative estimate of drug-likeness (QED) is 0.735. The molecule has 1 unspecified atom stereocenters. The lowest BCUT2D eigenvalue weighted by Gasteiger charge is -2.26. The van der Waals surface area contributed by atoms with Crippen molar-refractivity contribution >= 4 is 20.0 Å². The highest BCUT2D eigenvalue weighted by Crippen LogP contribution is 2.26. The van der Waals surface area contributed by atoms with Crippen LogP contribution in [-0.4, -0.2) is 38.6 Å². The van der Waals surface area contributed by atoms with Crippen LogP contribution in [0.2, 0.25) is 0 Å². The highest BCUT2D eigenvalue weighted by Gasteiger charge is 2.29. The maximum atomic E-state index is 11.1. The minimum absolute atomic E-state index is 0.0791. The molecule has 0 amide bonds. The molecule has 0 spiro atoms. The van der Waals surface area contributed by atoms with Crippen LogP contribution in [0.15, 0.2) is 0 Å². The van der Waals surface area contributed by atoms with E-state index in [9.17, 15) is 16.8 Å². The third-order valence-electron chi connectivity index (χ3n) is 2.88. The van der Waals surface area contributed by atoms with Gasteiger partial charge in [0.2, 0.25) is 0 Å². The van der Waals surface area contributed by atoms with Crippen LogP contribution in [0.3, 0.4) is 0 Å². The van der Waals surface area contributed by atoms with Crippen LogP contribution in [0, 0.1) is 11.8 Å². The average Bonchev–Trinajstić information content (AvgIpc) is 2.00. The maximum absolute atomic E-state index is 11.1. The zero-order chi connectivity index (χ0) is 11.7. The van der Waals surface area contributed by atoms with E-state index in [-0.39, 0.29) is 29.1 Å². The predicted molar refractivity (Wildman–Crippen MR) is 57.0 cm³/mol. The van der Waals surface area contributed by atoms with Crippen LogP contribution in [0.1, 0.15) is 19.8 Å². The van der Waals surface area contributed by atoms with Gasteiger partial charge >= 0.3 is 0 Å². The van der Waals surface area contributed by atoms with E-state index in [0.29, 0.717) is 12.8 Å². The van der Waals surface area contributed by atoms with Crippen molar-refractivity contribution < 1.29 is 21.4 Å². The van der Waals surface area contributed by atoms with E-state index in [1.165, 1.54) is 0 Å². The van der Waals surface area contributed by atoms with Gasteiger partial charge in [0.15, 0.2) is 0 Å². The SMILES string of the molecule is CC(CS(=O)(=O)O)C1CCS(=O)(=O)CC1.